The molecule has 4 nitrogen and oxygen atoms in total. The Morgan fingerprint density at radius 2 is 1.94 bits per heavy atom. The van der Waals surface area contributed by atoms with Gasteiger partial charge in [-0.25, -0.2) is 0 Å². The van der Waals surface area contributed by atoms with E-state index in [4.69, 9.17) is 4.74 Å². The van der Waals surface area contributed by atoms with E-state index in [0.717, 1.165) is 5.56 Å². The van der Waals surface area contributed by atoms with Gasteiger partial charge in [0.05, 0.1) is 18.8 Å². The lowest BCUT2D eigenvalue weighted by Gasteiger charge is -2.33. The topological polar surface area (TPSA) is 49.8 Å². The highest BCUT2D eigenvalue weighted by atomic mass is 16.5. The fourth-order valence-corrected chi connectivity index (χ4v) is 1.37. The summed E-state index contributed by atoms with van der Waals surface area (Å²) in [6.45, 7) is 3.98. The Kier molecular flexibility index (Phi) is 5.31. The maximum absolute atomic E-state index is 11.8. The number of hydrogen-bond acceptors (Lipinski definition) is 3. The minimum atomic E-state index is -0.562. The van der Waals surface area contributed by atoms with E-state index >= 15 is 0 Å². The second-order valence-corrected chi connectivity index (χ2v) is 4.90. The van der Waals surface area contributed by atoms with Crippen LogP contribution in [-0.2, 0) is 16.1 Å². The molecule has 0 aromatic heterocycles. The fraction of sp³-hybridized carbons (Fsp3) is 0.500. The number of benzene rings is 1. The lowest BCUT2D eigenvalue weighted by Crippen LogP contribution is -2.48. The largest absolute Gasteiger partial charge is 0.394 e. The van der Waals surface area contributed by atoms with E-state index in [1.807, 2.05) is 44.2 Å². The molecular weight excluding hydrogens is 230 g/mol. The summed E-state index contributed by atoms with van der Waals surface area (Å²) in [5.74, 6) is -0.134. The standard InChI is InChI=1S/C14H21NO3/c1-14(2,11-16)15(3)13(17)10-18-9-12-7-5-4-6-8-12/h4-8,16H,9-11H2,1-3H3. The lowest BCUT2D eigenvalue weighted by atomic mass is 10.1. The predicted molar refractivity (Wildman–Crippen MR) is 70.0 cm³/mol. The first-order valence-corrected chi connectivity index (χ1v) is 5.96. The molecule has 0 fully saturated rings. The molecule has 1 amide bonds. The van der Waals surface area contributed by atoms with Gasteiger partial charge in [-0.2, -0.15) is 0 Å². The molecule has 1 aromatic carbocycles. The summed E-state index contributed by atoms with van der Waals surface area (Å²) in [6.07, 6.45) is 0. The van der Waals surface area contributed by atoms with Gasteiger partial charge in [0.25, 0.3) is 0 Å². The van der Waals surface area contributed by atoms with Crippen LogP contribution in [0.2, 0.25) is 0 Å². The van der Waals surface area contributed by atoms with Crippen molar-refractivity contribution in [1.82, 2.24) is 4.90 Å². The van der Waals surface area contributed by atoms with E-state index in [-0.39, 0.29) is 19.1 Å². The second kappa shape index (κ2) is 6.52. The molecule has 18 heavy (non-hydrogen) atoms. The number of amides is 1. The number of hydrogen-bond donors (Lipinski definition) is 1. The first-order valence-electron chi connectivity index (χ1n) is 5.96. The van der Waals surface area contributed by atoms with Gasteiger partial charge in [0.1, 0.15) is 6.61 Å². The van der Waals surface area contributed by atoms with E-state index in [2.05, 4.69) is 0 Å². The first-order chi connectivity index (χ1) is 8.47. The van der Waals surface area contributed by atoms with Crippen LogP contribution in [0.25, 0.3) is 0 Å². The van der Waals surface area contributed by atoms with Gasteiger partial charge in [0, 0.05) is 7.05 Å². The summed E-state index contributed by atoms with van der Waals surface area (Å²) < 4.78 is 5.37. The van der Waals surface area contributed by atoms with Gasteiger partial charge in [0.15, 0.2) is 0 Å². The molecule has 0 aliphatic carbocycles. The summed E-state index contributed by atoms with van der Waals surface area (Å²) in [7, 11) is 1.67. The average molecular weight is 251 g/mol. The molecule has 0 aliphatic rings. The summed E-state index contributed by atoms with van der Waals surface area (Å²) in [6, 6.07) is 9.70. The summed E-state index contributed by atoms with van der Waals surface area (Å²) in [4.78, 5) is 13.3. The third kappa shape index (κ3) is 4.13. The van der Waals surface area contributed by atoms with Crippen molar-refractivity contribution in [2.75, 3.05) is 20.3 Å². The van der Waals surface area contributed by atoms with Crippen molar-refractivity contribution in [2.45, 2.75) is 26.0 Å². The molecule has 0 aliphatic heterocycles. The van der Waals surface area contributed by atoms with E-state index < -0.39 is 5.54 Å². The molecule has 100 valence electrons. The van der Waals surface area contributed by atoms with Crippen LogP contribution in [-0.4, -0.2) is 41.7 Å². The van der Waals surface area contributed by atoms with E-state index in [1.54, 1.807) is 7.05 Å². The molecule has 0 saturated heterocycles. The quantitative estimate of drug-likeness (QED) is 0.832. The molecule has 4 heteroatoms. The highest BCUT2D eigenvalue weighted by Crippen LogP contribution is 2.11. The van der Waals surface area contributed by atoms with Crippen molar-refractivity contribution in [3.63, 3.8) is 0 Å². The van der Waals surface area contributed by atoms with Gasteiger partial charge in [0.2, 0.25) is 5.91 Å². The zero-order valence-corrected chi connectivity index (χ0v) is 11.2. The zero-order valence-electron chi connectivity index (χ0n) is 11.2. The number of carbonyl (C=O) groups is 1. The molecule has 0 unspecified atom stereocenters. The van der Waals surface area contributed by atoms with Crippen molar-refractivity contribution in [3.05, 3.63) is 35.9 Å². The third-order valence-corrected chi connectivity index (χ3v) is 3.01. The Labute approximate surface area is 108 Å². The van der Waals surface area contributed by atoms with Crippen LogP contribution in [0.5, 0.6) is 0 Å². The van der Waals surface area contributed by atoms with Crippen molar-refractivity contribution in [1.29, 1.82) is 0 Å². The molecular formula is C14H21NO3. The molecule has 0 atom stereocenters. The predicted octanol–water partition coefficient (Wildman–Crippen LogP) is 1.43. The first kappa shape index (κ1) is 14.7. The fourth-order valence-electron chi connectivity index (χ4n) is 1.37. The van der Waals surface area contributed by atoms with E-state index in [1.165, 1.54) is 4.90 Å². The molecule has 1 rings (SSSR count). The van der Waals surface area contributed by atoms with Crippen molar-refractivity contribution in [3.8, 4) is 0 Å². The van der Waals surface area contributed by atoms with Crippen LogP contribution in [0.4, 0.5) is 0 Å². The minimum absolute atomic E-state index is 0.0226. The van der Waals surface area contributed by atoms with Gasteiger partial charge in [-0.15, -0.1) is 0 Å². The minimum Gasteiger partial charge on any atom is -0.394 e. The number of aliphatic hydroxyl groups excluding tert-OH is 1. The Hall–Kier alpha value is -1.39. The highest BCUT2D eigenvalue weighted by Gasteiger charge is 2.26. The Morgan fingerprint density at radius 3 is 2.50 bits per heavy atom. The summed E-state index contributed by atoms with van der Waals surface area (Å²) in [5.41, 5.74) is 0.474. The lowest BCUT2D eigenvalue weighted by molar-refractivity contribution is -0.141. The monoisotopic (exact) mass is 251 g/mol. The second-order valence-electron chi connectivity index (χ2n) is 4.90. The molecule has 0 radical (unpaired) electrons. The van der Waals surface area contributed by atoms with Crippen molar-refractivity contribution >= 4 is 5.91 Å². The van der Waals surface area contributed by atoms with Crippen LogP contribution >= 0.6 is 0 Å². The smallest absolute Gasteiger partial charge is 0.248 e. The molecule has 0 spiro atoms. The van der Waals surface area contributed by atoms with Gasteiger partial charge in [-0.3, -0.25) is 4.79 Å². The zero-order chi connectivity index (χ0) is 13.6. The van der Waals surface area contributed by atoms with Crippen molar-refractivity contribution < 1.29 is 14.6 Å². The molecule has 1 N–H and O–H groups in total. The average Bonchev–Trinajstić information content (AvgIpc) is 2.39. The molecule has 0 heterocycles. The van der Waals surface area contributed by atoms with Crippen LogP contribution in [0.15, 0.2) is 30.3 Å². The van der Waals surface area contributed by atoms with Crippen molar-refractivity contribution in [2.24, 2.45) is 0 Å². The van der Waals surface area contributed by atoms with Crippen LogP contribution < -0.4 is 0 Å². The number of rotatable bonds is 6. The summed E-state index contributed by atoms with van der Waals surface area (Å²) >= 11 is 0. The maximum atomic E-state index is 11.8. The Balaban J connectivity index is 2.38. The van der Waals surface area contributed by atoms with Gasteiger partial charge in [-0.05, 0) is 19.4 Å². The number of ether oxygens (including phenoxy) is 1. The number of nitrogens with zero attached hydrogens (tertiary/aromatic N) is 1. The van der Waals surface area contributed by atoms with Gasteiger partial charge < -0.3 is 14.7 Å². The SMILES string of the molecule is CN(C(=O)COCc1ccccc1)C(C)(C)CO. The maximum Gasteiger partial charge on any atom is 0.248 e. The number of aliphatic hydroxyl groups is 1. The number of likely N-dealkylation sites (N-methyl/N-ethyl adjacent to an activating group) is 1. The van der Waals surface area contributed by atoms with E-state index in [9.17, 15) is 9.90 Å². The van der Waals surface area contributed by atoms with Crippen LogP contribution in [0, 0.1) is 0 Å². The van der Waals surface area contributed by atoms with Crippen LogP contribution in [0.3, 0.4) is 0 Å². The Bertz CT molecular complexity index is 376. The molecule has 0 bridgehead atoms. The number of carbonyl (C=O) groups excluding carboxylic acids is 1. The van der Waals surface area contributed by atoms with Crippen LogP contribution in [0.1, 0.15) is 19.4 Å². The highest BCUT2D eigenvalue weighted by molar-refractivity contribution is 5.77. The van der Waals surface area contributed by atoms with Gasteiger partial charge >= 0.3 is 0 Å². The van der Waals surface area contributed by atoms with E-state index in [0.29, 0.717) is 6.61 Å². The Morgan fingerprint density at radius 1 is 1.33 bits per heavy atom. The van der Waals surface area contributed by atoms with Gasteiger partial charge in [-0.1, -0.05) is 30.3 Å². The normalized spacial score (nSPS) is 11.3. The molecule has 0 saturated carbocycles. The third-order valence-electron chi connectivity index (χ3n) is 3.01. The molecule has 1 aromatic rings. The summed E-state index contributed by atoms with van der Waals surface area (Å²) in [5, 5.41) is 9.18.